The van der Waals surface area contributed by atoms with E-state index in [2.05, 4.69) is 188 Å². The Morgan fingerprint density at radius 2 is 1.48 bits per heavy atom. The van der Waals surface area contributed by atoms with E-state index in [1.807, 2.05) is 104 Å². The summed E-state index contributed by atoms with van der Waals surface area (Å²) in [4.78, 5) is 35.2. The molecule has 5 aliphatic rings. The molecule has 0 fully saturated rings. The third kappa shape index (κ3) is 13.2. The third-order valence-electron chi connectivity index (χ3n) is 16.3. The predicted molar refractivity (Wildman–Crippen MR) is 396 cm³/mol. The first kappa shape index (κ1) is 62.2. The van der Waals surface area contributed by atoms with Crippen LogP contribution in [0.5, 0.6) is 0 Å². The first-order valence-electron chi connectivity index (χ1n) is 31.7. The Bertz CT molecular complexity index is 5240. The number of nitrogens with one attached hydrogen (secondary N) is 3. The average Bonchev–Trinajstić information content (AvgIpc) is 1.53. The molecule has 466 valence electrons. The van der Waals surface area contributed by atoms with Crippen molar-refractivity contribution in [2.45, 2.75) is 32.0 Å². The van der Waals surface area contributed by atoms with E-state index < -0.39 is 6.04 Å². The maximum Gasteiger partial charge on any atom is 0.163 e. The van der Waals surface area contributed by atoms with E-state index in [-0.39, 0.29) is 6.17 Å². The fourth-order valence-corrected chi connectivity index (χ4v) is 12.1. The number of benzene rings is 5. The summed E-state index contributed by atoms with van der Waals surface area (Å²) in [5.74, 6) is 0.807. The lowest BCUT2D eigenvalue weighted by Crippen LogP contribution is -2.40. The van der Waals surface area contributed by atoms with Crippen molar-refractivity contribution in [3.63, 3.8) is 0 Å². The van der Waals surface area contributed by atoms with Gasteiger partial charge in [0.15, 0.2) is 11.2 Å². The van der Waals surface area contributed by atoms with Gasteiger partial charge < -0.3 is 30.5 Å². The summed E-state index contributed by atoms with van der Waals surface area (Å²) in [7, 11) is 1.50. The van der Waals surface area contributed by atoms with Crippen LogP contribution in [0.1, 0.15) is 53.0 Å². The van der Waals surface area contributed by atoms with E-state index in [1.165, 1.54) is 7.05 Å². The molecule has 2 atom stereocenters. The lowest BCUT2D eigenvalue weighted by molar-refractivity contribution is 0.626. The van der Waals surface area contributed by atoms with E-state index >= 15 is 0 Å². The molecule has 0 amide bonds. The van der Waals surface area contributed by atoms with E-state index in [1.54, 1.807) is 49.4 Å². The van der Waals surface area contributed by atoms with Crippen molar-refractivity contribution in [3.8, 4) is 22.5 Å². The van der Waals surface area contributed by atoms with Gasteiger partial charge in [0.1, 0.15) is 34.4 Å². The smallest absolute Gasteiger partial charge is 0.163 e. The maximum absolute atomic E-state index is 7.17. The van der Waals surface area contributed by atoms with Gasteiger partial charge in [0, 0.05) is 100.0 Å². The minimum absolute atomic E-state index is 0.335. The van der Waals surface area contributed by atoms with Crippen molar-refractivity contribution < 1.29 is 8.83 Å². The zero-order valence-corrected chi connectivity index (χ0v) is 53.1. The Balaban J connectivity index is 0.00000162. The molecule has 2 unspecified atom stereocenters. The molecule has 9 heterocycles. The Kier molecular flexibility index (Phi) is 19.0. The van der Waals surface area contributed by atoms with Gasteiger partial charge in [-0.15, -0.1) is 18.0 Å². The summed E-state index contributed by atoms with van der Waals surface area (Å²) in [5, 5.41) is 13.7. The Morgan fingerprint density at radius 3 is 2.27 bits per heavy atom. The molecule has 5 N–H and O–H groups in total. The molecule has 10 aromatic rings. The van der Waals surface area contributed by atoms with Crippen LogP contribution < -0.4 is 21.7 Å². The molecule has 13 heteroatoms. The minimum Gasteiger partial charge on any atom is -0.454 e. The number of furan rings is 2. The number of hydrogen-bond donors (Lipinski definition) is 4. The Labute approximate surface area is 557 Å². The van der Waals surface area contributed by atoms with Crippen molar-refractivity contribution in [3.05, 3.63) is 336 Å². The summed E-state index contributed by atoms with van der Waals surface area (Å²) in [5.41, 5.74) is 33.8. The molecule has 5 aromatic heterocycles. The van der Waals surface area contributed by atoms with Gasteiger partial charge in [-0.1, -0.05) is 158 Å². The van der Waals surface area contributed by atoms with E-state index in [0.717, 1.165) is 112 Å². The highest BCUT2D eigenvalue weighted by Gasteiger charge is 2.32. The predicted octanol–water partition coefficient (Wildman–Crippen LogP) is 17.4. The number of nitrogens with zero attached hydrogens (tertiary/aromatic N) is 7. The number of pyridine rings is 3. The molecular formula is C83H67N11O2. The number of dihydropyridines is 1. The van der Waals surface area contributed by atoms with Crippen LogP contribution in [0.2, 0.25) is 0 Å². The summed E-state index contributed by atoms with van der Waals surface area (Å²) in [6, 6.07) is 51.5. The van der Waals surface area contributed by atoms with Gasteiger partial charge in [-0.3, -0.25) is 20.0 Å². The van der Waals surface area contributed by atoms with Crippen molar-refractivity contribution >= 4 is 90.4 Å². The Morgan fingerprint density at radius 1 is 0.719 bits per heavy atom. The first-order valence-corrected chi connectivity index (χ1v) is 31.7. The third-order valence-corrected chi connectivity index (χ3v) is 16.3. The molecule has 0 saturated heterocycles. The summed E-state index contributed by atoms with van der Waals surface area (Å²) >= 11 is 0. The second kappa shape index (κ2) is 29.4. The van der Waals surface area contributed by atoms with Crippen LogP contribution in [0.3, 0.4) is 0 Å². The largest absolute Gasteiger partial charge is 0.454 e. The number of amidine groups is 1. The number of aromatic nitrogens is 3. The lowest BCUT2D eigenvalue weighted by atomic mass is 9.87. The lowest BCUT2D eigenvalue weighted by Gasteiger charge is -2.30. The van der Waals surface area contributed by atoms with Gasteiger partial charge in [-0.2, -0.15) is 0 Å². The van der Waals surface area contributed by atoms with Crippen LogP contribution in [-0.2, 0) is 6.42 Å². The molecule has 5 aromatic carbocycles. The van der Waals surface area contributed by atoms with Crippen molar-refractivity contribution in [2.75, 3.05) is 13.6 Å². The average molecular weight is 1250 g/mol. The highest BCUT2D eigenvalue weighted by atomic mass is 16.3. The maximum atomic E-state index is 7.17. The van der Waals surface area contributed by atoms with Gasteiger partial charge in [-0.05, 0) is 127 Å². The highest BCUT2D eigenvalue weighted by Crippen LogP contribution is 2.46. The molecule has 0 saturated carbocycles. The molecule has 0 radical (unpaired) electrons. The van der Waals surface area contributed by atoms with Crippen LogP contribution >= 0.6 is 0 Å². The number of hydrogen-bond acceptors (Lipinski definition) is 13. The van der Waals surface area contributed by atoms with Crippen molar-refractivity contribution in [1.82, 2.24) is 30.9 Å². The van der Waals surface area contributed by atoms with Crippen molar-refractivity contribution in [2.24, 2.45) is 25.7 Å². The number of aliphatic imine (C=N–C) groups is 4. The van der Waals surface area contributed by atoms with E-state index in [4.69, 9.17) is 28.8 Å². The standard InChI is InChI=1S/C79H56N10O2.C3H6.CH5N/c1-2-38-80-41-18-29-64-70(72(55-34-42-82-43-35-55)89-79(86-64)57-25-14-7-15-26-57)58-30-32-67-60(47-58)61-49-65(52-21-10-3-4-11-22-52)85-76(77(61)90-67)63-50-66(53-23-12-6-13-24-53)84-75-62-48-59(31-33-68(62)91-78(63)75)71-73(54-27-16-39-81-40-17-28-54)87-69(46-51-19-8-5-9-20-51)88-74(71)56-36-44-83-45-37-56;1-3-2;1-2/h2-10,12-16,18-26,28,30-42,44-45,47-50,73,79,82,89H,1,29,43,46H2,(H,87,88);3H,1H2,2H3;2H2,1H3/b41-18-,80-38?,81-39?;;. The molecule has 0 spiro atoms. The number of fused-ring (bicyclic) bond motifs is 6. The highest BCUT2D eigenvalue weighted by molar-refractivity contribution is 6.27. The van der Waals surface area contributed by atoms with Crippen LogP contribution in [0.15, 0.2) is 332 Å². The van der Waals surface area contributed by atoms with Crippen LogP contribution in [-0.4, -0.2) is 58.6 Å². The van der Waals surface area contributed by atoms with Crippen LogP contribution in [0, 0.1) is 0 Å². The first-order chi connectivity index (χ1) is 47.5. The second-order valence-electron chi connectivity index (χ2n) is 22.5. The van der Waals surface area contributed by atoms with Crippen LogP contribution in [0.25, 0.3) is 88.9 Å². The molecule has 13 nitrogen and oxygen atoms in total. The summed E-state index contributed by atoms with van der Waals surface area (Å²) < 4.78 is 14.3. The topological polar surface area (TPSA) is 177 Å². The quantitative estimate of drug-likeness (QED) is 0.0442. The zero-order valence-electron chi connectivity index (χ0n) is 53.1. The van der Waals surface area contributed by atoms with Gasteiger partial charge in [0.25, 0.3) is 0 Å². The summed E-state index contributed by atoms with van der Waals surface area (Å²) in [6.07, 6.45) is 36.7. The number of rotatable bonds is 15. The molecular weight excluding hydrogens is 1180 g/mol. The van der Waals surface area contributed by atoms with Crippen LogP contribution in [0.4, 0.5) is 0 Å². The monoisotopic (exact) mass is 1250 g/mol. The normalized spacial score (nSPS) is 16.4. The molecule has 1 aliphatic carbocycles. The van der Waals surface area contributed by atoms with Gasteiger partial charge in [-0.25, -0.2) is 15.0 Å². The van der Waals surface area contributed by atoms with Gasteiger partial charge in [0.2, 0.25) is 0 Å². The fourth-order valence-electron chi connectivity index (χ4n) is 12.1. The second-order valence-corrected chi connectivity index (χ2v) is 22.5. The van der Waals surface area contributed by atoms with Gasteiger partial charge >= 0.3 is 0 Å². The SMILES string of the molecule is C=CC.C=CC=N/C=C\CC1=NC(c2ccccc2)NC(C2=CCNC=C2)=C1c1ccc2oc3c(-c4cc(-c5ccccc5)nc5c4oc4ccc(C6=C(c7ccncc7)N=C(Cc7ccccc7)NC6C6=C=CC=NC=C=C6)cc45)nc(C4=CC=CC=C=C4)cc3c2c1.CN. The fraction of sp³-hybridized carbons (Fsp3) is 0.0843. The van der Waals surface area contributed by atoms with Gasteiger partial charge in [0.05, 0.1) is 46.3 Å². The number of allylic oxidation sites excluding steroid dienone is 10. The van der Waals surface area contributed by atoms with Crippen molar-refractivity contribution in [1.29, 1.82) is 0 Å². The van der Waals surface area contributed by atoms with E-state index in [0.29, 0.717) is 58.5 Å². The Hall–Kier alpha value is -12.6. The molecule has 0 bridgehead atoms. The molecule has 15 rings (SSSR count). The number of nitrogens with two attached hydrogens (primary N) is 1. The zero-order chi connectivity index (χ0) is 65.6. The summed E-state index contributed by atoms with van der Waals surface area (Å²) in [6.45, 7) is 9.74. The molecule has 96 heavy (non-hydrogen) atoms. The van der Waals surface area contributed by atoms with E-state index in [9.17, 15) is 0 Å². The molecule has 4 aliphatic heterocycles. The minimum atomic E-state index is -0.423.